The minimum atomic E-state index is -0.135. The Morgan fingerprint density at radius 2 is 1.86 bits per heavy atom. The number of H-pyrrole nitrogens is 1. The Bertz CT molecular complexity index is 964. The molecule has 5 heteroatoms. The van der Waals surface area contributed by atoms with Crippen LogP contribution in [0.5, 0.6) is 0 Å². The highest BCUT2D eigenvalue weighted by molar-refractivity contribution is 5.89. The third kappa shape index (κ3) is 4.09. The summed E-state index contributed by atoms with van der Waals surface area (Å²) in [6, 6.07) is 17.9. The van der Waals surface area contributed by atoms with Gasteiger partial charge in [-0.3, -0.25) is 9.59 Å². The van der Waals surface area contributed by atoms with Crippen molar-refractivity contribution >= 4 is 22.7 Å². The number of carbonyl (C=O) groups excluding carboxylic acids is 2. The molecule has 0 radical (unpaired) electrons. The minimum Gasteiger partial charge on any atom is -0.361 e. The number of aromatic nitrogens is 1. The molecule has 2 heterocycles. The summed E-state index contributed by atoms with van der Waals surface area (Å²) in [6.45, 7) is 1.75. The van der Waals surface area contributed by atoms with Crippen LogP contribution in [0.15, 0.2) is 60.8 Å². The van der Waals surface area contributed by atoms with Gasteiger partial charge in [0.1, 0.15) is 0 Å². The van der Waals surface area contributed by atoms with Crippen molar-refractivity contribution in [3.63, 3.8) is 0 Å². The molecule has 28 heavy (non-hydrogen) atoms. The Morgan fingerprint density at radius 3 is 2.71 bits per heavy atom. The minimum absolute atomic E-state index is 0.0356. The lowest BCUT2D eigenvalue weighted by molar-refractivity contribution is -0.135. The van der Waals surface area contributed by atoms with E-state index in [0.29, 0.717) is 19.5 Å². The van der Waals surface area contributed by atoms with Gasteiger partial charge in [0.15, 0.2) is 0 Å². The summed E-state index contributed by atoms with van der Waals surface area (Å²) in [7, 11) is 0. The Balaban J connectivity index is 1.35. The number of aromatic amines is 1. The molecule has 0 bridgehead atoms. The van der Waals surface area contributed by atoms with Crippen molar-refractivity contribution in [1.82, 2.24) is 15.2 Å². The smallest absolute Gasteiger partial charge is 0.227 e. The molecular weight excluding hydrogens is 350 g/mol. The number of fused-ring (bicyclic) bond motifs is 1. The van der Waals surface area contributed by atoms with Crippen molar-refractivity contribution in [2.45, 2.75) is 25.8 Å². The van der Waals surface area contributed by atoms with Crippen molar-refractivity contribution in [3.8, 4) is 0 Å². The molecule has 4 rings (SSSR count). The first-order chi connectivity index (χ1) is 13.7. The van der Waals surface area contributed by atoms with Gasteiger partial charge in [0.2, 0.25) is 11.8 Å². The Kier molecular flexibility index (Phi) is 5.42. The van der Waals surface area contributed by atoms with Crippen LogP contribution >= 0.6 is 0 Å². The molecule has 1 aliphatic heterocycles. The van der Waals surface area contributed by atoms with E-state index in [1.807, 2.05) is 65.7 Å². The van der Waals surface area contributed by atoms with Crippen LogP contribution in [0.3, 0.4) is 0 Å². The highest BCUT2D eigenvalue weighted by Crippen LogP contribution is 2.21. The third-order valence-electron chi connectivity index (χ3n) is 5.47. The molecule has 2 aromatic carbocycles. The molecule has 0 spiro atoms. The lowest BCUT2D eigenvalue weighted by atomic mass is 9.96. The van der Waals surface area contributed by atoms with E-state index in [-0.39, 0.29) is 17.7 Å². The average Bonchev–Trinajstić information content (AvgIpc) is 3.16. The summed E-state index contributed by atoms with van der Waals surface area (Å²) in [4.78, 5) is 30.5. The number of nitrogens with one attached hydrogen (secondary N) is 2. The maximum Gasteiger partial charge on any atom is 0.227 e. The zero-order valence-corrected chi connectivity index (χ0v) is 15.9. The van der Waals surface area contributed by atoms with Gasteiger partial charge in [0.05, 0.1) is 12.3 Å². The Labute approximate surface area is 164 Å². The lowest BCUT2D eigenvalue weighted by Gasteiger charge is -2.32. The summed E-state index contributed by atoms with van der Waals surface area (Å²) in [5.74, 6) is -0.0110. The quantitative estimate of drug-likeness (QED) is 0.719. The summed E-state index contributed by atoms with van der Waals surface area (Å²) in [6.07, 6.45) is 3.97. The summed E-state index contributed by atoms with van der Waals surface area (Å²) in [5, 5.41) is 4.10. The van der Waals surface area contributed by atoms with E-state index in [2.05, 4.69) is 10.3 Å². The fourth-order valence-electron chi connectivity index (χ4n) is 3.90. The largest absolute Gasteiger partial charge is 0.361 e. The molecule has 1 aliphatic rings. The first-order valence-corrected chi connectivity index (χ1v) is 9.85. The zero-order chi connectivity index (χ0) is 19.3. The van der Waals surface area contributed by atoms with E-state index in [1.165, 1.54) is 0 Å². The molecule has 1 atom stereocenters. The van der Waals surface area contributed by atoms with E-state index >= 15 is 0 Å². The van der Waals surface area contributed by atoms with Gasteiger partial charge in [-0.1, -0.05) is 48.5 Å². The second-order valence-electron chi connectivity index (χ2n) is 7.42. The maximum absolute atomic E-state index is 12.8. The van der Waals surface area contributed by atoms with Crippen molar-refractivity contribution in [2.75, 3.05) is 13.1 Å². The number of hydrogen-bond donors (Lipinski definition) is 2. The van der Waals surface area contributed by atoms with Crippen LogP contribution in [0.25, 0.3) is 10.9 Å². The number of nitrogens with zero attached hydrogens (tertiary/aromatic N) is 1. The molecule has 3 aromatic rings. The van der Waals surface area contributed by atoms with E-state index in [9.17, 15) is 9.59 Å². The van der Waals surface area contributed by atoms with E-state index in [4.69, 9.17) is 0 Å². The average molecular weight is 375 g/mol. The molecular formula is C23H25N3O2. The van der Waals surface area contributed by atoms with Crippen LogP contribution in [-0.4, -0.2) is 34.8 Å². The first-order valence-electron chi connectivity index (χ1n) is 9.85. The van der Waals surface area contributed by atoms with E-state index in [0.717, 1.165) is 41.4 Å². The number of rotatable bonds is 5. The molecule has 1 saturated heterocycles. The Hall–Kier alpha value is -3.08. The molecule has 144 valence electrons. The fraction of sp³-hybridized carbons (Fsp3) is 0.304. The van der Waals surface area contributed by atoms with Gasteiger partial charge in [-0.2, -0.15) is 0 Å². The number of amides is 2. The van der Waals surface area contributed by atoms with Crippen molar-refractivity contribution in [2.24, 2.45) is 5.92 Å². The van der Waals surface area contributed by atoms with Crippen molar-refractivity contribution in [1.29, 1.82) is 0 Å². The van der Waals surface area contributed by atoms with E-state index in [1.54, 1.807) is 0 Å². The summed E-state index contributed by atoms with van der Waals surface area (Å²) >= 11 is 0. The van der Waals surface area contributed by atoms with Crippen LogP contribution in [0.4, 0.5) is 0 Å². The van der Waals surface area contributed by atoms with Gasteiger partial charge in [-0.25, -0.2) is 0 Å². The molecule has 0 aliphatic carbocycles. The number of carbonyl (C=O) groups is 2. The van der Waals surface area contributed by atoms with Gasteiger partial charge in [-0.05, 0) is 30.0 Å². The standard InChI is InChI=1S/C23H25N3O2/c27-22(13-19-15-24-21-11-5-4-10-20(19)21)26-12-6-9-18(16-26)23(28)25-14-17-7-2-1-3-8-17/h1-5,7-8,10-11,15,18,24H,6,9,12-14,16H2,(H,25,28)/t18-/m0/s1. The van der Waals surface area contributed by atoms with Crippen LogP contribution in [0.1, 0.15) is 24.0 Å². The van der Waals surface area contributed by atoms with E-state index < -0.39 is 0 Å². The fourth-order valence-corrected chi connectivity index (χ4v) is 3.90. The number of hydrogen-bond acceptors (Lipinski definition) is 2. The van der Waals surface area contributed by atoms with Gasteiger partial charge in [0, 0.05) is 36.7 Å². The van der Waals surface area contributed by atoms with Crippen LogP contribution in [-0.2, 0) is 22.6 Å². The second kappa shape index (κ2) is 8.30. The maximum atomic E-state index is 12.8. The highest BCUT2D eigenvalue weighted by Gasteiger charge is 2.28. The Morgan fingerprint density at radius 1 is 1.07 bits per heavy atom. The summed E-state index contributed by atoms with van der Waals surface area (Å²) < 4.78 is 0. The first kappa shape index (κ1) is 18.3. The van der Waals surface area contributed by atoms with Crippen molar-refractivity contribution < 1.29 is 9.59 Å². The monoisotopic (exact) mass is 375 g/mol. The summed E-state index contributed by atoms with van der Waals surface area (Å²) in [5.41, 5.74) is 3.14. The predicted molar refractivity (Wildman–Crippen MR) is 110 cm³/mol. The normalized spacial score (nSPS) is 16.9. The third-order valence-corrected chi connectivity index (χ3v) is 5.47. The lowest BCUT2D eigenvalue weighted by Crippen LogP contribution is -2.45. The topological polar surface area (TPSA) is 65.2 Å². The zero-order valence-electron chi connectivity index (χ0n) is 15.9. The molecule has 2 N–H and O–H groups in total. The van der Waals surface area contributed by atoms with Gasteiger partial charge in [-0.15, -0.1) is 0 Å². The van der Waals surface area contributed by atoms with Crippen LogP contribution in [0, 0.1) is 5.92 Å². The molecule has 5 nitrogen and oxygen atoms in total. The van der Waals surface area contributed by atoms with Crippen molar-refractivity contribution in [3.05, 3.63) is 71.9 Å². The molecule has 1 fully saturated rings. The number of benzene rings is 2. The van der Waals surface area contributed by atoms with Gasteiger partial charge < -0.3 is 15.2 Å². The van der Waals surface area contributed by atoms with Crippen LogP contribution in [0.2, 0.25) is 0 Å². The number of likely N-dealkylation sites (tertiary alicyclic amines) is 1. The molecule has 1 aromatic heterocycles. The molecule has 0 unspecified atom stereocenters. The van der Waals surface area contributed by atoms with Gasteiger partial charge >= 0.3 is 0 Å². The van der Waals surface area contributed by atoms with Crippen LogP contribution < -0.4 is 5.32 Å². The number of para-hydroxylation sites is 1. The second-order valence-corrected chi connectivity index (χ2v) is 7.42. The number of piperidine rings is 1. The molecule has 0 saturated carbocycles. The highest BCUT2D eigenvalue weighted by atomic mass is 16.2. The molecule has 2 amide bonds. The predicted octanol–water partition coefficient (Wildman–Crippen LogP) is 3.27. The SMILES string of the molecule is O=C(NCc1ccccc1)[C@H]1CCCN(C(=O)Cc2c[nH]c3ccccc23)C1. The van der Waals surface area contributed by atoms with Gasteiger partial charge in [0.25, 0.3) is 0 Å².